The first kappa shape index (κ1) is 14.1. The van der Waals surface area contributed by atoms with Crippen molar-refractivity contribution in [1.82, 2.24) is 20.0 Å². The third-order valence-corrected chi connectivity index (χ3v) is 3.61. The molecule has 3 heterocycles. The van der Waals surface area contributed by atoms with Crippen molar-refractivity contribution in [3.05, 3.63) is 29.7 Å². The van der Waals surface area contributed by atoms with E-state index in [9.17, 15) is 0 Å². The van der Waals surface area contributed by atoms with E-state index in [2.05, 4.69) is 26.9 Å². The van der Waals surface area contributed by atoms with Gasteiger partial charge in [-0.15, -0.1) is 0 Å². The molecule has 0 saturated carbocycles. The molecule has 0 aliphatic carbocycles. The van der Waals surface area contributed by atoms with Gasteiger partial charge in [-0.1, -0.05) is 18.1 Å². The van der Waals surface area contributed by atoms with E-state index in [1.165, 1.54) is 0 Å². The summed E-state index contributed by atoms with van der Waals surface area (Å²) in [7, 11) is 0. The van der Waals surface area contributed by atoms with E-state index in [-0.39, 0.29) is 6.10 Å². The van der Waals surface area contributed by atoms with Gasteiger partial charge in [0.2, 0.25) is 5.82 Å². The summed E-state index contributed by atoms with van der Waals surface area (Å²) in [5, 5.41) is 4.03. The molecule has 0 aromatic carbocycles. The summed E-state index contributed by atoms with van der Waals surface area (Å²) in [4.78, 5) is 11.0. The molecule has 112 valence electrons. The molecule has 3 rings (SSSR count). The molecule has 1 unspecified atom stereocenters. The van der Waals surface area contributed by atoms with Crippen molar-refractivity contribution in [2.75, 3.05) is 26.2 Å². The van der Waals surface area contributed by atoms with E-state index in [0.29, 0.717) is 30.6 Å². The quantitative estimate of drug-likeness (QED) is 0.897. The van der Waals surface area contributed by atoms with Gasteiger partial charge in [-0.25, -0.2) is 0 Å². The number of hydrogen-bond donors (Lipinski definition) is 1. The largest absolute Gasteiger partial charge is 0.367 e. The molecule has 0 spiro atoms. The monoisotopic (exact) mass is 289 g/mol. The molecule has 0 amide bonds. The van der Waals surface area contributed by atoms with E-state index in [1.54, 1.807) is 6.20 Å². The molecule has 1 fully saturated rings. The Hall–Kier alpha value is -1.83. The second-order valence-corrected chi connectivity index (χ2v) is 4.97. The average molecular weight is 289 g/mol. The third kappa shape index (κ3) is 3.10. The van der Waals surface area contributed by atoms with E-state index in [1.807, 2.05) is 12.1 Å². The number of pyridine rings is 1. The molecule has 21 heavy (non-hydrogen) atoms. The maximum absolute atomic E-state index is 5.72. The topological polar surface area (TPSA) is 90.3 Å². The summed E-state index contributed by atoms with van der Waals surface area (Å²) < 4.78 is 11.0. The highest BCUT2D eigenvalue weighted by Gasteiger charge is 2.25. The van der Waals surface area contributed by atoms with Crippen molar-refractivity contribution >= 4 is 0 Å². The summed E-state index contributed by atoms with van der Waals surface area (Å²) in [5.41, 5.74) is 7.17. The number of rotatable bonds is 4. The van der Waals surface area contributed by atoms with Gasteiger partial charge in [0, 0.05) is 25.8 Å². The van der Waals surface area contributed by atoms with Crippen LogP contribution in [0.2, 0.25) is 0 Å². The number of likely N-dealkylation sites (N-methyl/N-ethyl adjacent to an activating group) is 1. The number of morpholine rings is 1. The average Bonchev–Trinajstić information content (AvgIpc) is 3.05. The fourth-order valence-corrected chi connectivity index (χ4v) is 2.29. The molecule has 2 aromatic rings. The first-order valence-electron chi connectivity index (χ1n) is 7.13. The fourth-order valence-electron chi connectivity index (χ4n) is 2.29. The van der Waals surface area contributed by atoms with Crippen LogP contribution in [0.4, 0.5) is 0 Å². The summed E-state index contributed by atoms with van der Waals surface area (Å²) >= 11 is 0. The molecule has 1 aliphatic heterocycles. The zero-order chi connectivity index (χ0) is 14.7. The van der Waals surface area contributed by atoms with Gasteiger partial charge in [-0.2, -0.15) is 4.98 Å². The minimum absolute atomic E-state index is 0.139. The first-order chi connectivity index (χ1) is 10.3. The summed E-state index contributed by atoms with van der Waals surface area (Å²) in [5.74, 6) is 0.985. The van der Waals surface area contributed by atoms with Gasteiger partial charge in [-0.3, -0.25) is 9.88 Å². The molecule has 2 aromatic heterocycles. The third-order valence-electron chi connectivity index (χ3n) is 3.61. The maximum Gasteiger partial charge on any atom is 0.276 e. The van der Waals surface area contributed by atoms with E-state index in [0.717, 1.165) is 25.2 Å². The van der Waals surface area contributed by atoms with Crippen LogP contribution < -0.4 is 5.73 Å². The lowest BCUT2D eigenvalue weighted by molar-refractivity contribution is -0.0334. The van der Waals surface area contributed by atoms with Gasteiger partial charge in [-0.05, 0) is 18.2 Å². The molecule has 1 saturated heterocycles. The van der Waals surface area contributed by atoms with Gasteiger partial charge in [0.25, 0.3) is 5.89 Å². The predicted octanol–water partition coefficient (Wildman–Crippen LogP) is 0.983. The lowest BCUT2D eigenvalue weighted by Crippen LogP contribution is -2.38. The smallest absolute Gasteiger partial charge is 0.276 e. The highest BCUT2D eigenvalue weighted by Crippen LogP contribution is 2.22. The lowest BCUT2D eigenvalue weighted by Gasteiger charge is -2.30. The predicted molar refractivity (Wildman–Crippen MR) is 76.2 cm³/mol. The van der Waals surface area contributed by atoms with Gasteiger partial charge >= 0.3 is 0 Å². The number of hydrogen-bond acceptors (Lipinski definition) is 7. The number of nitrogens with two attached hydrogens (primary N) is 1. The van der Waals surface area contributed by atoms with Crippen LogP contribution in [-0.4, -0.2) is 46.3 Å². The molecule has 7 heteroatoms. The van der Waals surface area contributed by atoms with E-state index >= 15 is 0 Å². The highest BCUT2D eigenvalue weighted by molar-refractivity contribution is 5.46. The van der Waals surface area contributed by atoms with Crippen LogP contribution in [0, 0.1) is 0 Å². The number of aromatic nitrogens is 3. The summed E-state index contributed by atoms with van der Waals surface area (Å²) in [6.45, 7) is 6.01. The van der Waals surface area contributed by atoms with E-state index < -0.39 is 0 Å². The molecule has 1 aliphatic rings. The van der Waals surface area contributed by atoms with Crippen LogP contribution >= 0.6 is 0 Å². The van der Waals surface area contributed by atoms with Crippen molar-refractivity contribution in [3.63, 3.8) is 0 Å². The normalized spacial score (nSPS) is 19.8. The van der Waals surface area contributed by atoms with Crippen molar-refractivity contribution in [3.8, 4) is 11.6 Å². The summed E-state index contributed by atoms with van der Waals surface area (Å²) in [6.07, 6.45) is 1.58. The second kappa shape index (κ2) is 6.30. The molecular weight excluding hydrogens is 270 g/mol. The Morgan fingerprint density at radius 2 is 2.33 bits per heavy atom. The number of ether oxygens (including phenoxy) is 1. The Labute approximate surface area is 123 Å². The molecular formula is C14H19N5O2. The van der Waals surface area contributed by atoms with E-state index in [4.69, 9.17) is 15.0 Å². The van der Waals surface area contributed by atoms with Crippen molar-refractivity contribution in [1.29, 1.82) is 0 Å². The van der Waals surface area contributed by atoms with Gasteiger partial charge in [0.1, 0.15) is 11.8 Å². The second-order valence-electron chi connectivity index (χ2n) is 4.97. The minimum Gasteiger partial charge on any atom is -0.367 e. The molecule has 0 bridgehead atoms. The maximum atomic E-state index is 5.72. The van der Waals surface area contributed by atoms with Crippen molar-refractivity contribution < 1.29 is 9.26 Å². The van der Waals surface area contributed by atoms with Crippen molar-refractivity contribution in [2.24, 2.45) is 5.73 Å². The highest BCUT2D eigenvalue weighted by atomic mass is 16.5. The van der Waals surface area contributed by atoms with Crippen molar-refractivity contribution in [2.45, 2.75) is 19.6 Å². The van der Waals surface area contributed by atoms with Crippen LogP contribution in [0.25, 0.3) is 11.6 Å². The Bertz CT molecular complexity index is 583. The fraction of sp³-hybridized carbons (Fsp3) is 0.500. The van der Waals surface area contributed by atoms with Gasteiger partial charge < -0.3 is 15.0 Å². The van der Waals surface area contributed by atoms with Crippen LogP contribution in [0.3, 0.4) is 0 Å². The minimum atomic E-state index is -0.139. The Morgan fingerprint density at radius 1 is 1.43 bits per heavy atom. The lowest BCUT2D eigenvalue weighted by atomic mass is 10.2. The van der Waals surface area contributed by atoms with Gasteiger partial charge in [0.05, 0.1) is 6.61 Å². The molecule has 0 radical (unpaired) electrons. The standard InChI is InChI=1S/C14H19N5O2/c1-2-19-5-6-20-12(9-19)13-17-14(21-18-13)11-4-3-10(7-15)8-16-11/h3-4,8,12H,2,5-7,9,15H2,1H3. The molecule has 2 N–H and O–H groups in total. The zero-order valence-electron chi connectivity index (χ0n) is 12.0. The Morgan fingerprint density at radius 3 is 3.05 bits per heavy atom. The Balaban J connectivity index is 1.76. The van der Waals surface area contributed by atoms with Crippen LogP contribution in [0.15, 0.2) is 22.9 Å². The van der Waals surface area contributed by atoms with Crippen LogP contribution in [-0.2, 0) is 11.3 Å². The number of nitrogens with zero attached hydrogens (tertiary/aromatic N) is 4. The molecule has 7 nitrogen and oxygen atoms in total. The summed E-state index contributed by atoms with van der Waals surface area (Å²) in [6, 6.07) is 3.74. The molecule has 1 atom stereocenters. The van der Waals surface area contributed by atoms with Gasteiger partial charge in [0.15, 0.2) is 0 Å². The zero-order valence-corrected chi connectivity index (χ0v) is 12.0. The van der Waals surface area contributed by atoms with Crippen LogP contribution in [0.5, 0.6) is 0 Å². The Kier molecular flexibility index (Phi) is 4.23. The SMILES string of the molecule is CCN1CCOC(c2noc(-c3ccc(CN)cn3)n2)C1. The van der Waals surface area contributed by atoms with Crippen LogP contribution in [0.1, 0.15) is 24.4 Å². The first-order valence-corrected chi connectivity index (χ1v) is 7.13.